The first-order valence-corrected chi connectivity index (χ1v) is 15.5. The molecule has 2 aliphatic rings. The minimum absolute atomic E-state index is 0.229. The molecule has 0 unspecified atom stereocenters. The molecule has 4 rings (SSSR count). The van der Waals surface area contributed by atoms with Gasteiger partial charge in [0.1, 0.15) is 17.3 Å². The van der Waals surface area contributed by atoms with Crippen molar-refractivity contribution in [3.8, 4) is 0 Å². The van der Waals surface area contributed by atoms with Gasteiger partial charge in [0, 0.05) is 38.3 Å². The van der Waals surface area contributed by atoms with Crippen LogP contribution in [0.5, 0.6) is 0 Å². The van der Waals surface area contributed by atoms with Gasteiger partial charge in [0.15, 0.2) is 0 Å². The van der Waals surface area contributed by atoms with Crippen LogP contribution < -0.4 is 10.9 Å². The topological polar surface area (TPSA) is 81.3 Å². The molecule has 0 bridgehead atoms. The maximum atomic E-state index is 13.6. The summed E-state index contributed by atoms with van der Waals surface area (Å²) in [7, 11) is 3.17. The van der Waals surface area contributed by atoms with E-state index in [0.29, 0.717) is 68.0 Å². The number of aryl methyl sites for hydroxylation is 1. The van der Waals surface area contributed by atoms with Crippen LogP contribution in [0.2, 0.25) is 0 Å². The predicted octanol–water partition coefficient (Wildman–Crippen LogP) is 6.22. The van der Waals surface area contributed by atoms with Gasteiger partial charge in [0.05, 0.1) is 38.1 Å². The molecule has 2 aromatic carbocycles. The fourth-order valence-corrected chi connectivity index (χ4v) is 5.25. The van der Waals surface area contributed by atoms with Gasteiger partial charge >= 0.3 is 0 Å². The lowest BCUT2D eigenvalue weighted by Crippen LogP contribution is -2.40. The van der Waals surface area contributed by atoms with E-state index in [1.54, 1.807) is 26.3 Å². The highest BCUT2D eigenvalue weighted by molar-refractivity contribution is 6.01. The van der Waals surface area contributed by atoms with Crippen LogP contribution in [0, 0.1) is 11.7 Å². The standard InChI is InChI=1S/C35H46FN3O5/c1-5-26-10-12-27(13-11-26)24-43-20-7-19-42-21-18-39(38-41-4)33(25(2)28-8-6-9-28)23-31-22-32(35(40)37-3)34(44-31)29-14-16-30(36)17-15-29/h10-17,23,28,38H,5-9,18-22,24H2,1-4H3,(H,37,40)/b31-23+,33-25-. The first-order chi connectivity index (χ1) is 21.4. The minimum atomic E-state index is -0.348. The highest BCUT2D eigenvalue weighted by Crippen LogP contribution is 2.39. The number of rotatable bonds is 17. The highest BCUT2D eigenvalue weighted by atomic mass is 19.1. The number of amides is 1. The van der Waals surface area contributed by atoms with Gasteiger partial charge in [-0.25, -0.2) is 4.39 Å². The van der Waals surface area contributed by atoms with Gasteiger partial charge < -0.3 is 19.5 Å². The maximum absolute atomic E-state index is 13.6. The second-order valence-electron chi connectivity index (χ2n) is 11.1. The lowest BCUT2D eigenvalue weighted by molar-refractivity contribution is -0.117. The van der Waals surface area contributed by atoms with E-state index in [2.05, 4.69) is 49.0 Å². The Kier molecular flexibility index (Phi) is 13.0. The van der Waals surface area contributed by atoms with Crippen molar-refractivity contribution in [1.29, 1.82) is 0 Å². The van der Waals surface area contributed by atoms with E-state index in [-0.39, 0.29) is 11.7 Å². The highest BCUT2D eigenvalue weighted by Gasteiger charge is 2.29. The summed E-state index contributed by atoms with van der Waals surface area (Å²) in [6.07, 6.45) is 7.57. The number of likely N-dealkylation sites (N-methyl/N-ethyl adjacent to an activating group) is 1. The molecule has 1 heterocycles. The van der Waals surface area contributed by atoms with Gasteiger partial charge in [-0.05, 0) is 79.5 Å². The zero-order valence-corrected chi connectivity index (χ0v) is 26.4. The fourth-order valence-electron chi connectivity index (χ4n) is 5.25. The Bertz CT molecular complexity index is 1320. The van der Waals surface area contributed by atoms with Crippen molar-refractivity contribution in [2.75, 3.05) is 40.5 Å². The summed E-state index contributed by atoms with van der Waals surface area (Å²) in [6.45, 7) is 7.10. The van der Waals surface area contributed by atoms with Crippen LogP contribution in [0.25, 0.3) is 5.76 Å². The molecule has 0 radical (unpaired) electrons. The molecule has 0 aromatic heterocycles. The van der Waals surface area contributed by atoms with E-state index < -0.39 is 0 Å². The molecule has 2 N–H and O–H groups in total. The largest absolute Gasteiger partial charge is 0.460 e. The third-order valence-electron chi connectivity index (χ3n) is 8.11. The third-order valence-corrected chi connectivity index (χ3v) is 8.11. The van der Waals surface area contributed by atoms with Crippen molar-refractivity contribution in [2.24, 2.45) is 5.92 Å². The summed E-state index contributed by atoms with van der Waals surface area (Å²) < 4.78 is 31.7. The van der Waals surface area contributed by atoms with E-state index in [0.717, 1.165) is 31.4 Å². The van der Waals surface area contributed by atoms with Crippen molar-refractivity contribution in [3.63, 3.8) is 0 Å². The average molecular weight is 608 g/mol. The van der Waals surface area contributed by atoms with E-state index in [1.165, 1.54) is 35.3 Å². The Morgan fingerprint density at radius 3 is 2.39 bits per heavy atom. The molecule has 44 heavy (non-hydrogen) atoms. The van der Waals surface area contributed by atoms with Gasteiger partial charge in [-0.3, -0.25) is 14.6 Å². The van der Waals surface area contributed by atoms with E-state index in [9.17, 15) is 9.18 Å². The molecular formula is C35H46FN3O5. The van der Waals surface area contributed by atoms with Crippen LogP contribution in [-0.2, 0) is 36.9 Å². The number of hydrogen-bond acceptors (Lipinski definition) is 7. The van der Waals surface area contributed by atoms with Gasteiger partial charge in [-0.1, -0.05) is 37.6 Å². The number of allylic oxidation sites excluding steroid dienone is 3. The molecule has 238 valence electrons. The number of benzene rings is 2. The number of carbonyl (C=O) groups is 1. The normalized spacial score (nSPS) is 16.5. The maximum Gasteiger partial charge on any atom is 0.251 e. The number of halogens is 1. The van der Waals surface area contributed by atoms with E-state index >= 15 is 0 Å². The number of hydrazine groups is 1. The molecule has 1 amide bonds. The number of nitrogens with one attached hydrogen (secondary N) is 2. The zero-order chi connectivity index (χ0) is 31.3. The molecular weight excluding hydrogens is 561 g/mol. The predicted molar refractivity (Wildman–Crippen MR) is 169 cm³/mol. The monoisotopic (exact) mass is 607 g/mol. The van der Waals surface area contributed by atoms with Crippen LogP contribution in [-0.4, -0.2) is 51.4 Å². The molecule has 0 saturated heterocycles. The number of hydrogen-bond donors (Lipinski definition) is 2. The SMILES string of the molecule is CCc1ccc(COCCCOCCN(NOC)C(/C=C2\CC(C(=O)NC)=C(c3ccc(F)cc3)O2)=C(/C)C2CCC2)cc1. The summed E-state index contributed by atoms with van der Waals surface area (Å²) in [5.41, 5.74) is 8.79. The summed E-state index contributed by atoms with van der Waals surface area (Å²) in [5.74, 6) is 0.948. The van der Waals surface area contributed by atoms with Crippen LogP contribution in [0.3, 0.4) is 0 Å². The third kappa shape index (κ3) is 9.25. The zero-order valence-electron chi connectivity index (χ0n) is 26.4. The summed E-state index contributed by atoms with van der Waals surface area (Å²) in [5, 5.41) is 4.63. The van der Waals surface area contributed by atoms with Crippen molar-refractivity contribution in [1.82, 2.24) is 15.9 Å². The van der Waals surface area contributed by atoms with E-state index in [1.807, 2.05) is 11.1 Å². The van der Waals surface area contributed by atoms with Gasteiger partial charge in [-0.2, -0.15) is 0 Å². The first-order valence-electron chi connectivity index (χ1n) is 15.5. The van der Waals surface area contributed by atoms with Crippen molar-refractivity contribution in [2.45, 2.75) is 59.0 Å². The second kappa shape index (κ2) is 17.1. The smallest absolute Gasteiger partial charge is 0.251 e. The molecule has 1 fully saturated rings. The second-order valence-corrected chi connectivity index (χ2v) is 11.1. The minimum Gasteiger partial charge on any atom is -0.460 e. The Morgan fingerprint density at radius 1 is 1.05 bits per heavy atom. The molecule has 2 aromatic rings. The van der Waals surface area contributed by atoms with Crippen LogP contribution in [0.15, 0.2) is 77.2 Å². The Hall–Kier alpha value is -3.50. The molecule has 9 heteroatoms. The molecule has 1 aliphatic heterocycles. The first kappa shape index (κ1) is 33.4. The summed E-state index contributed by atoms with van der Waals surface area (Å²) in [4.78, 5) is 18.1. The van der Waals surface area contributed by atoms with Gasteiger partial charge in [-0.15, -0.1) is 5.59 Å². The number of ether oxygens (including phenoxy) is 3. The van der Waals surface area contributed by atoms with E-state index in [4.69, 9.17) is 19.0 Å². The number of nitrogens with zero attached hydrogens (tertiary/aromatic N) is 1. The van der Waals surface area contributed by atoms with Crippen molar-refractivity contribution in [3.05, 3.63) is 99.7 Å². The molecule has 1 aliphatic carbocycles. The van der Waals surface area contributed by atoms with Crippen LogP contribution in [0.1, 0.15) is 62.6 Å². The average Bonchev–Trinajstić information content (AvgIpc) is 3.44. The lowest BCUT2D eigenvalue weighted by atomic mass is 9.79. The molecule has 0 atom stereocenters. The Balaban J connectivity index is 1.37. The fraction of sp³-hybridized carbons (Fsp3) is 0.457. The molecule has 0 spiro atoms. The summed E-state index contributed by atoms with van der Waals surface area (Å²) >= 11 is 0. The van der Waals surface area contributed by atoms with Crippen molar-refractivity contribution < 1.29 is 28.2 Å². The number of carbonyl (C=O) groups excluding carboxylic acids is 1. The quantitative estimate of drug-likeness (QED) is 0.163. The van der Waals surface area contributed by atoms with Gasteiger partial charge in [0.2, 0.25) is 0 Å². The summed E-state index contributed by atoms with van der Waals surface area (Å²) in [6, 6.07) is 14.5. The molecule has 1 saturated carbocycles. The van der Waals surface area contributed by atoms with Crippen molar-refractivity contribution >= 4 is 11.7 Å². The Labute approximate surface area is 260 Å². The Morgan fingerprint density at radius 2 is 1.75 bits per heavy atom. The van der Waals surface area contributed by atoms with Gasteiger partial charge in [0.25, 0.3) is 5.91 Å². The van der Waals surface area contributed by atoms with Crippen LogP contribution >= 0.6 is 0 Å². The lowest BCUT2D eigenvalue weighted by Gasteiger charge is -2.33. The van der Waals surface area contributed by atoms with Crippen LogP contribution in [0.4, 0.5) is 4.39 Å². The molecule has 8 nitrogen and oxygen atoms in total.